The van der Waals surface area contributed by atoms with Gasteiger partial charge >= 0.3 is 0 Å². The van der Waals surface area contributed by atoms with Crippen LogP contribution in [-0.4, -0.2) is 0 Å². The lowest BCUT2D eigenvalue weighted by Crippen LogP contribution is -2.00. The van der Waals surface area contributed by atoms with Crippen LogP contribution in [0.4, 0.5) is 10.1 Å². The molecule has 0 fully saturated rings. The van der Waals surface area contributed by atoms with Crippen LogP contribution >= 0.6 is 0 Å². The fourth-order valence-electron chi connectivity index (χ4n) is 2.13. The maximum atomic E-state index is 13.0. The van der Waals surface area contributed by atoms with Crippen molar-refractivity contribution in [2.24, 2.45) is 0 Å². The van der Waals surface area contributed by atoms with Crippen LogP contribution in [0.1, 0.15) is 11.3 Å². The first-order valence-electron chi connectivity index (χ1n) is 6.20. The first-order chi connectivity index (χ1) is 9.22. The highest BCUT2D eigenvalue weighted by molar-refractivity contribution is 5.77. The minimum absolute atomic E-state index is 0.216. The molecular formula is C16H14FNO. The molecule has 2 nitrogen and oxygen atoms in total. The summed E-state index contributed by atoms with van der Waals surface area (Å²) in [4.78, 5) is 0. The molecule has 0 amide bonds. The van der Waals surface area contributed by atoms with Crippen LogP contribution in [0.2, 0.25) is 0 Å². The van der Waals surface area contributed by atoms with Crippen molar-refractivity contribution in [3.63, 3.8) is 0 Å². The Morgan fingerprint density at radius 3 is 2.74 bits per heavy atom. The summed E-state index contributed by atoms with van der Waals surface area (Å²) in [7, 11) is 0. The highest BCUT2D eigenvalue weighted by atomic mass is 19.1. The average molecular weight is 255 g/mol. The van der Waals surface area contributed by atoms with Gasteiger partial charge in [0, 0.05) is 11.1 Å². The standard InChI is InChI=1S/C16H14FNO/c1-11-8-13(17)6-7-15(11)18-10-14-9-12-4-2-3-5-16(12)19-14/h2-9,18H,10H2,1H3. The lowest BCUT2D eigenvalue weighted by Gasteiger charge is -2.07. The summed E-state index contributed by atoms with van der Waals surface area (Å²) in [6.45, 7) is 2.46. The Kier molecular flexibility index (Phi) is 2.95. The Morgan fingerprint density at radius 1 is 1.11 bits per heavy atom. The SMILES string of the molecule is Cc1cc(F)ccc1NCc1cc2ccccc2o1. The number of hydrogen-bond acceptors (Lipinski definition) is 2. The molecule has 19 heavy (non-hydrogen) atoms. The molecule has 1 N–H and O–H groups in total. The molecule has 0 atom stereocenters. The molecule has 3 rings (SSSR count). The smallest absolute Gasteiger partial charge is 0.134 e. The minimum Gasteiger partial charge on any atom is -0.459 e. The first-order valence-corrected chi connectivity index (χ1v) is 6.20. The molecule has 0 saturated carbocycles. The lowest BCUT2D eigenvalue weighted by molar-refractivity contribution is 0.559. The second kappa shape index (κ2) is 4.76. The molecule has 0 aliphatic carbocycles. The largest absolute Gasteiger partial charge is 0.459 e. The minimum atomic E-state index is -0.216. The normalized spacial score (nSPS) is 10.8. The third kappa shape index (κ3) is 2.45. The Bertz CT molecular complexity index is 685. The summed E-state index contributed by atoms with van der Waals surface area (Å²) in [5.74, 6) is 0.650. The van der Waals surface area contributed by atoms with E-state index in [1.807, 2.05) is 37.3 Å². The second-order valence-corrected chi connectivity index (χ2v) is 4.56. The van der Waals surface area contributed by atoms with Crippen molar-refractivity contribution in [3.8, 4) is 0 Å². The van der Waals surface area contributed by atoms with Gasteiger partial charge in [-0.1, -0.05) is 18.2 Å². The van der Waals surface area contributed by atoms with Crippen molar-refractivity contribution in [2.75, 3.05) is 5.32 Å². The van der Waals surface area contributed by atoms with Crippen molar-refractivity contribution in [1.29, 1.82) is 0 Å². The quantitative estimate of drug-likeness (QED) is 0.745. The Labute approximate surface area is 110 Å². The Hall–Kier alpha value is -2.29. The van der Waals surface area contributed by atoms with Gasteiger partial charge in [-0.2, -0.15) is 0 Å². The molecule has 2 aromatic carbocycles. The van der Waals surface area contributed by atoms with Gasteiger partial charge < -0.3 is 9.73 Å². The van der Waals surface area contributed by atoms with Crippen molar-refractivity contribution in [1.82, 2.24) is 0 Å². The van der Waals surface area contributed by atoms with Gasteiger partial charge in [-0.05, 0) is 42.8 Å². The van der Waals surface area contributed by atoms with E-state index in [2.05, 4.69) is 5.32 Å². The van der Waals surface area contributed by atoms with Crippen LogP contribution in [-0.2, 0) is 6.54 Å². The molecule has 96 valence electrons. The van der Waals surface area contributed by atoms with Gasteiger partial charge in [0.05, 0.1) is 6.54 Å². The molecule has 0 bridgehead atoms. The number of anilines is 1. The van der Waals surface area contributed by atoms with Crippen molar-refractivity contribution >= 4 is 16.7 Å². The van der Waals surface area contributed by atoms with Crippen molar-refractivity contribution < 1.29 is 8.81 Å². The Balaban J connectivity index is 1.78. The van der Waals surface area contributed by atoms with Crippen LogP contribution in [0, 0.1) is 12.7 Å². The van der Waals surface area contributed by atoms with Crippen LogP contribution in [0.3, 0.4) is 0 Å². The van der Waals surface area contributed by atoms with Gasteiger partial charge in [-0.15, -0.1) is 0 Å². The summed E-state index contributed by atoms with van der Waals surface area (Å²) in [5.41, 5.74) is 2.69. The van der Waals surface area contributed by atoms with Gasteiger partial charge in [0.2, 0.25) is 0 Å². The van der Waals surface area contributed by atoms with E-state index in [4.69, 9.17) is 4.42 Å². The molecule has 0 spiro atoms. The second-order valence-electron chi connectivity index (χ2n) is 4.56. The predicted molar refractivity (Wildman–Crippen MR) is 74.7 cm³/mol. The van der Waals surface area contributed by atoms with E-state index in [1.54, 1.807) is 6.07 Å². The monoisotopic (exact) mass is 255 g/mol. The molecule has 3 heteroatoms. The van der Waals surface area contributed by atoms with Crippen LogP contribution in [0.5, 0.6) is 0 Å². The number of aryl methyl sites for hydroxylation is 1. The molecule has 1 aromatic heterocycles. The molecule has 0 aliphatic rings. The number of furan rings is 1. The van der Waals surface area contributed by atoms with Gasteiger partial charge in [0.15, 0.2) is 0 Å². The van der Waals surface area contributed by atoms with Gasteiger partial charge in [0.1, 0.15) is 17.2 Å². The van der Waals surface area contributed by atoms with E-state index in [1.165, 1.54) is 12.1 Å². The topological polar surface area (TPSA) is 25.2 Å². The summed E-state index contributed by atoms with van der Waals surface area (Å²) in [6.07, 6.45) is 0. The molecule has 0 aliphatic heterocycles. The van der Waals surface area contributed by atoms with Crippen molar-refractivity contribution in [3.05, 3.63) is 65.7 Å². The van der Waals surface area contributed by atoms with Gasteiger partial charge in [-0.25, -0.2) is 4.39 Å². The maximum absolute atomic E-state index is 13.0. The first kappa shape index (κ1) is 11.8. The third-order valence-corrected chi connectivity index (χ3v) is 3.12. The van der Waals surface area contributed by atoms with Gasteiger partial charge in [-0.3, -0.25) is 0 Å². The van der Waals surface area contributed by atoms with E-state index in [0.717, 1.165) is 28.0 Å². The van der Waals surface area contributed by atoms with E-state index in [9.17, 15) is 4.39 Å². The number of fused-ring (bicyclic) bond motifs is 1. The van der Waals surface area contributed by atoms with Crippen LogP contribution < -0.4 is 5.32 Å². The maximum Gasteiger partial charge on any atom is 0.134 e. The van der Waals surface area contributed by atoms with Crippen LogP contribution in [0.25, 0.3) is 11.0 Å². The Morgan fingerprint density at radius 2 is 1.95 bits per heavy atom. The molecule has 0 unspecified atom stereocenters. The van der Waals surface area contributed by atoms with Crippen LogP contribution in [0.15, 0.2) is 52.9 Å². The summed E-state index contributed by atoms with van der Waals surface area (Å²) >= 11 is 0. The lowest BCUT2D eigenvalue weighted by atomic mass is 10.2. The summed E-state index contributed by atoms with van der Waals surface area (Å²) in [6, 6.07) is 14.6. The zero-order valence-electron chi connectivity index (χ0n) is 10.6. The molecule has 3 aromatic rings. The number of halogens is 1. The highest BCUT2D eigenvalue weighted by Gasteiger charge is 2.04. The molecule has 1 heterocycles. The van der Waals surface area contributed by atoms with Gasteiger partial charge in [0.25, 0.3) is 0 Å². The van der Waals surface area contributed by atoms with E-state index in [-0.39, 0.29) is 5.82 Å². The number of nitrogens with one attached hydrogen (secondary N) is 1. The molecular weight excluding hydrogens is 241 g/mol. The highest BCUT2D eigenvalue weighted by Crippen LogP contribution is 2.21. The number of para-hydroxylation sites is 1. The molecule has 0 radical (unpaired) electrons. The van der Waals surface area contributed by atoms with E-state index < -0.39 is 0 Å². The predicted octanol–water partition coefficient (Wildman–Crippen LogP) is 4.49. The zero-order valence-corrected chi connectivity index (χ0v) is 10.6. The summed E-state index contributed by atoms with van der Waals surface area (Å²) < 4.78 is 18.7. The number of rotatable bonds is 3. The average Bonchev–Trinajstić information content (AvgIpc) is 2.80. The third-order valence-electron chi connectivity index (χ3n) is 3.12. The molecule has 0 saturated heterocycles. The summed E-state index contributed by atoms with van der Waals surface area (Å²) in [5, 5.41) is 4.35. The van der Waals surface area contributed by atoms with Crippen molar-refractivity contribution in [2.45, 2.75) is 13.5 Å². The zero-order chi connectivity index (χ0) is 13.2. The number of hydrogen-bond donors (Lipinski definition) is 1. The van der Waals surface area contributed by atoms with E-state index >= 15 is 0 Å². The fourth-order valence-corrected chi connectivity index (χ4v) is 2.13. The number of benzene rings is 2. The fraction of sp³-hybridized carbons (Fsp3) is 0.125. The van der Waals surface area contributed by atoms with E-state index in [0.29, 0.717) is 6.54 Å².